The van der Waals surface area contributed by atoms with E-state index < -0.39 is 0 Å². The van der Waals surface area contributed by atoms with E-state index in [0.29, 0.717) is 13.1 Å². The highest BCUT2D eigenvalue weighted by Crippen LogP contribution is 2.17. The van der Waals surface area contributed by atoms with E-state index in [1.807, 2.05) is 41.5 Å². The molecule has 118 valence electrons. The normalized spacial score (nSPS) is 11.8. The summed E-state index contributed by atoms with van der Waals surface area (Å²) < 4.78 is 0. The molecule has 6 heteroatoms. The molecule has 0 saturated carbocycles. The van der Waals surface area contributed by atoms with Gasteiger partial charge < -0.3 is 20.4 Å². The fourth-order valence-electron chi connectivity index (χ4n) is 1.95. The molecule has 0 aliphatic rings. The minimum absolute atomic E-state index is 0.136. The van der Waals surface area contributed by atoms with Gasteiger partial charge >= 0.3 is 12.1 Å². The van der Waals surface area contributed by atoms with E-state index in [4.69, 9.17) is 0 Å². The van der Waals surface area contributed by atoms with E-state index in [9.17, 15) is 9.59 Å². The molecule has 0 aromatic carbocycles. The topological polar surface area (TPSA) is 64.7 Å². The van der Waals surface area contributed by atoms with Crippen LogP contribution in [0.2, 0.25) is 0 Å². The van der Waals surface area contributed by atoms with Gasteiger partial charge in [0.05, 0.1) is 0 Å². The van der Waals surface area contributed by atoms with Gasteiger partial charge in [0, 0.05) is 38.3 Å². The highest BCUT2D eigenvalue weighted by Gasteiger charge is 2.30. The lowest BCUT2D eigenvalue weighted by Gasteiger charge is -2.40. The molecule has 0 aromatic heterocycles. The molecule has 0 heterocycles. The molecule has 0 radical (unpaired) electrons. The lowest BCUT2D eigenvalue weighted by molar-refractivity contribution is 0.108. The van der Waals surface area contributed by atoms with Crippen molar-refractivity contribution in [1.29, 1.82) is 0 Å². The minimum atomic E-state index is -0.299. The van der Waals surface area contributed by atoms with Gasteiger partial charge in [-0.25, -0.2) is 9.59 Å². The predicted octanol–water partition coefficient (Wildman–Crippen LogP) is 1.87. The zero-order valence-electron chi connectivity index (χ0n) is 14.1. The van der Waals surface area contributed by atoms with Crippen molar-refractivity contribution in [3.63, 3.8) is 0 Å². The van der Waals surface area contributed by atoms with Gasteiger partial charge in [-0.1, -0.05) is 0 Å². The van der Waals surface area contributed by atoms with E-state index in [1.165, 1.54) is 0 Å². The maximum Gasteiger partial charge on any atom is 0.317 e. The molecule has 0 atom stereocenters. The molecule has 2 N–H and O–H groups in total. The van der Waals surface area contributed by atoms with Crippen LogP contribution < -0.4 is 10.6 Å². The van der Waals surface area contributed by atoms with Crippen molar-refractivity contribution in [3.05, 3.63) is 0 Å². The number of nitrogens with zero attached hydrogens (tertiary/aromatic N) is 2. The Kier molecular flexibility index (Phi) is 6.32. The number of rotatable bonds is 3. The smallest absolute Gasteiger partial charge is 0.317 e. The summed E-state index contributed by atoms with van der Waals surface area (Å²) in [6.07, 6.45) is 0. The number of hydrogen-bond acceptors (Lipinski definition) is 2. The van der Waals surface area contributed by atoms with Crippen molar-refractivity contribution in [2.45, 2.75) is 52.6 Å². The summed E-state index contributed by atoms with van der Waals surface area (Å²) in [5.74, 6) is 0. The summed E-state index contributed by atoms with van der Waals surface area (Å²) >= 11 is 0. The summed E-state index contributed by atoms with van der Waals surface area (Å²) in [5.41, 5.74) is -0.599. The van der Waals surface area contributed by atoms with Crippen LogP contribution in [-0.4, -0.2) is 60.1 Å². The molecule has 0 aromatic rings. The third-order valence-corrected chi connectivity index (χ3v) is 3.08. The molecule has 6 nitrogen and oxygen atoms in total. The Balaban J connectivity index is 4.98. The summed E-state index contributed by atoms with van der Waals surface area (Å²) in [4.78, 5) is 27.4. The van der Waals surface area contributed by atoms with Crippen molar-refractivity contribution in [3.8, 4) is 0 Å². The Morgan fingerprint density at radius 1 is 0.750 bits per heavy atom. The average Bonchev–Trinajstić information content (AvgIpc) is 2.29. The fraction of sp³-hybridized carbons (Fsp3) is 0.857. The number of urea groups is 2. The largest absolute Gasteiger partial charge is 0.341 e. The molecule has 0 unspecified atom stereocenters. The van der Waals surface area contributed by atoms with Crippen LogP contribution >= 0.6 is 0 Å². The second-order valence-corrected chi connectivity index (χ2v) is 6.76. The zero-order chi connectivity index (χ0) is 16.1. The van der Waals surface area contributed by atoms with Crippen molar-refractivity contribution < 1.29 is 9.59 Å². The van der Waals surface area contributed by atoms with Crippen LogP contribution in [0, 0.1) is 0 Å². The Morgan fingerprint density at radius 3 is 1.15 bits per heavy atom. The number of amides is 4. The quantitative estimate of drug-likeness (QED) is 0.832. The lowest BCUT2D eigenvalue weighted by Crippen LogP contribution is -2.56. The maximum absolute atomic E-state index is 12.0. The maximum atomic E-state index is 12.0. The number of nitrogens with one attached hydrogen (secondary N) is 2. The van der Waals surface area contributed by atoms with Gasteiger partial charge in [0.2, 0.25) is 0 Å². The SMILES string of the molecule is CNC(=O)N(CCN(C(=O)NC)C(C)(C)C)C(C)(C)C. The van der Waals surface area contributed by atoms with E-state index in [0.717, 1.165) is 0 Å². The molecule has 0 bridgehead atoms. The summed E-state index contributed by atoms with van der Waals surface area (Å²) in [7, 11) is 3.22. The molecular formula is C14H30N4O2. The molecule has 4 amide bonds. The van der Waals surface area contributed by atoms with Gasteiger partial charge in [-0.3, -0.25) is 0 Å². The lowest BCUT2D eigenvalue weighted by atomic mass is 10.0. The average molecular weight is 286 g/mol. The summed E-state index contributed by atoms with van der Waals surface area (Å²) in [5, 5.41) is 5.29. The fourth-order valence-corrected chi connectivity index (χ4v) is 1.95. The van der Waals surface area contributed by atoms with E-state index in [-0.39, 0.29) is 23.1 Å². The first-order chi connectivity index (χ1) is 8.95. The summed E-state index contributed by atoms with van der Waals surface area (Å²) in [6, 6.07) is -0.272. The molecule has 0 aliphatic carbocycles. The van der Waals surface area contributed by atoms with Gasteiger partial charge in [0.1, 0.15) is 0 Å². The number of hydrogen-bond donors (Lipinski definition) is 2. The predicted molar refractivity (Wildman–Crippen MR) is 81.8 cm³/mol. The van der Waals surface area contributed by atoms with Crippen molar-refractivity contribution in [2.24, 2.45) is 0 Å². The molecule has 0 fully saturated rings. The first-order valence-electron chi connectivity index (χ1n) is 6.94. The van der Waals surface area contributed by atoms with Gasteiger partial charge in [-0.2, -0.15) is 0 Å². The van der Waals surface area contributed by atoms with E-state index >= 15 is 0 Å². The van der Waals surface area contributed by atoms with Gasteiger partial charge in [-0.05, 0) is 41.5 Å². The highest BCUT2D eigenvalue weighted by atomic mass is 16.2. The molecule has 0 aliphatic heterocycles. The monoisotopic (exact) mass is 286 g/mol. The molecule has 0 spiro atoms. The third-order valence-electron chi connectivity index (χ3n) is 3.08. The van der Waals surface area contributed by atoms with E-state index in [2.05, 4.69) is 10.6 Å². The third kappa shape index (κ3) is 5.27. The van der Waals surface area contributed by atoms with Crippen LogP contribution in [0.1, 0.15) is 41.5 Å². The van der Waals surface area contributed by atoms with E-state index in [1.54, 1.807) is 23.9 Å². The Morgan fingerprint density at radius 2 is 1.00 bits per heavy atom. The second kappa shape index (κ2) is 6.81. The number of carbonyl (C=O) groups is 2. The standard InChI is InChI=1S/C14H30N4O2/c1-13(2,3)17(11(19)15-7)9-10-18(12(20)16-8)14(4,5)6/h9-10H2,1-8H3,(H,15,19)(H,16,20). The van der Waals surface area contributed by atoms with Gasteiger partial charge in [0.15, 0.2) is 0 Å². The van der Waals surface area contributed by atoms with Crippen LogP contribution in [-0.2, 0) is 0 Å². The Hall–Kier alpha value is -1.46. The number of carbonyl (C=O) groups excluding carboxylic acids is 2. The molecular weight excluding hydrogens is 256 g/mol. The Labute approximate surface area is 122 Å². The first-order valence-corrected chi connectivity index (χ1v) is 6.94. The zero-order valence-corrected chi connectivity index (χ0v) is 14.1. The van der Waals surface area contributed by atoms with Crippen molar-refractivity contribution in [2.75, 3.05) is 27.2 Å². The van der Waals surface area contributed by atoms with Crippen LogP contribution in [0.5, 0.6) is 0 Å². The van der Waals surface area contributed by atoms with Crippen molar-refractivity contribution >= 4 is 12.1 Å². The minimum Gasteiger partial charge on any atom is -0.341 e. The second-order valence-electron chi connectivity index (χ2n) is 6.76. The molecule has 0 saturated heterocycles. The van der Waals surface area contributed by atoms with Crippen LogP contribution in [0.25, 0.3) is 0 Å². The highest BCUT2D eigenvalue weighted by molar-refractivity contribution is 5.76. The first kappa shape index (κ1) is 18.5. The summed E-state index contributed by atoms with van der Waals surface area (Å²) in [6.45, 7) is 12.8. The molecule has 20 heavy (non-hydrogen) atoms. The Bertz CT molecular complexity index is 308. The molecule has 0 rings (SSSR count). The van der Waals surface area contributed by atoms with Crippen molar-refractivity contribution in [1.82, 2.24) is 20.4 Å². The van der Waals surface area contributed by atoms with Crippen LogP contribution in [0.4, 0.5) is 9.59 Å². The van der Waals surface area contributed by atoms with Crippen LogP contribution in [0.3, 0.4) is 0 Å². The van der Waals surface area contributed by atoms with Gasteiger partial charge in [0.25, 0.3) is 0 Å². The van der Waals surface area contributed by atoms with Crippen LogP contribution in [0.15, 0.2) is 0 Å². The van der Waals surface area contributed by atoms with Gasteiger partial charge in [-0.15, -0.1) is 0 Å².